The fraction of sp³-hybridized carbons (Fsp3) is 0.389. The molecule has 2 rings (SSSR count). The second-order valence-electron chi connectivity index (χ2n) is 5.97. The number of nitrogens with zero attached hydrogens (tertiary/aromatic N) is 2. The van der Waals surface area contributed by atoms with Crippen LogP contribution >= 0.6 is 0 Å². The standard InChI is InChI=1S/C18H23N3O4/c1-4-20(12-16(22)19-13(2)3)18(24)15-9-8-14(25-15)11-21-10-6-5-7-17(21)23/h5-10,13H,4,11-12H2,1-3H3,(H,19,22). The van der Waals surface area contributed by atoms with Gasteiger partial charge in [0.1, 0.15) is 5.76 Å². The third-order valence-corrected chi connectivity index (χ3v) is 3.55. The largest absolute Gasteiger partial charge is 0.454 e. The Morgan fingerprint density at radius 2 is 2.00 bits per heavy atom. The minimum atomic E-state index is -0.354. The van der Waals surface area contributed by atoms with E-state index in [1.165, 1.54) is 15.5 Å². The van der Waals surface area contributed by atoms with Crippen molar-refractivity contribution in [2.45, 2.75) is 33.4 Å². The van der Waals surface area contributed by atoms with E-state index in [-0.39, 0.29) is 42.3 Å². The van der Waals surface area contributed by atoms with Gasteiger partial charge in [-0.1, -0.05) is 6.07 Å². The van der Waals surface area contributed by atoms with E-state index < -0.39 is 0 Å². The molecule has 0 aromatic carbocycles. The van der Waals surface area contributed by atoms with Crippen LogP contribution in [0.15, 0.2) is 45.7 Å². The minimum Gasteiger partial charge on any atom is -0.454 e. The summed E-state index contributed by atoms with van der Waals surface area (Å²) < 4.78 is 7.05. The highest BCUT2D eigenvalue weighted by Gasteiger charge is 2.20. The molecule has 2 aromatic rings. The van der Waals surface area contributed by atoms with Crippen LogP contribution in [-0.4, -0.2) is 40.4 Å². The monoisotopic (exact) mass is 345 g/mol. The van der Waals surface area contributed by atoms with E-state index in [0.29, 0.717) is 12.3 Å². The summed E-state index contributed by atoms with van der Waals surface area (Å²) in [5.41, 5.74) is -0.146. The number of likely N-dealkylation sites (N-methyl/N-ethyl adjacent to an activating group) is 1. The summed E-state index contributed by atoms with van der Waals surface area (Å²) in [5.74, 6) is 0.0818. The van der Waals surface area contributed by atoms with Gasteiger partial charge in [0.15, 0.2) is 5.76 Å². The second-order valence-corrected chi connectivity index (χ2v) is 5.97. The number of carbonyl (C=O) groups excluding carboxylic acids is 2. The molecule has 0 radical (unpaired) electrons. The molecule has 0 saturated carbocycles. The summed E-state index contributed by atoms with van der Waals surface area (Å²) in [6, 6.07) is 8.12. The number of pyridine rings is 1. The van der Waals surface area contributed by atoms with Crippen LogP contribution in [0.1, 0.15) is 37.1 Å². The molecule has 0 aliphatic heterocycles. The molecule has 0 aliphatic carbocycles. The molecule has 0 fully saturated rings. The zero-order valence-electron chi connectivity index (χ0n) is 14.7. The highest BCUT2D eigenvalue weighted by Crippen LogP contribution is 2.12. The topological polar surface area (TPSA) is 84.5 Å². The first-order chi connectivity index (χ1) is 11.9. The molecular formula is C18H23N3O4. The molecule has 0 bridgehead atoms. The van der Waals surface area contributed by atoms with Gasteiger partial charge in [-0.15, -0.1) is 0 Å². The van der Waals surface area contributed by atoms with Gasteiger partial charge in [0, 0.05) is 24.8 Å². The maximum Gasteiger partial charge on any atom is 0.290 e. The average molecular weight is 345 g/mol. The highest BCUT2D eigenvalue weighted by molar-refractivity contribution is 5.94. The number of aromatic nitrogens is 1. The van der Waals surface area contributed by atoms with Gasteiger partial charge in [-0.25, -0.2) is 0 Å². The van der Waals surface area contributed by atoms with Gasteiger partial charge in [-0.3, -0.25) is 14.4 Å². The Labute approximate surface area is 146 Å². The fourth-order valence-electron chi connectivity index (χ4n) is 2.36. The lowest BCUT2D eigenvalue weighted by atomic mass is 10.3. The van der Waals surface area contributed by atoms with E-state index in [2.05, 4.69) is 5.32 Å². The minimum absolute atomic E-state index is 0.0145. The van der Waals surface area contributed by atoms with Crippen LogP contribution < -0.4 is 10.9 Å². The number of amides is 2. The molecule has 2 amide bonds. The summed E-state index contributed by atoms with van der Waals surface area (Å²) in [4.78, 5) is 37.5. The molecule has 2 heterocycles. The van der Waals surface area contributed by atoms with Crippen molar-refractivity contribution in [2.75, 3.05) is 13.1 Å². The van der Waals surface area contributed by atoms with Gasteiger partial charge in [0.25, 0.3) is 11.5 Å². The van der Waals surface area contributed by atoms with Crippen molar-refractivity contribution < 1.29 is 14.0 Å². The first-order valence-corrected chi connectivity index (χ1v) is 8.23. The maximum absolute atomic E-state index is 12.5. The van der Waals surface area contributed by atoms with Crippen molar-refractivity contribution in [3.63, 3.8) is 0 Å². The Kier molecular flexibility index (Phi) is 6.16. The third-order valence-electron chi connectivity index (χ3n) is 3.55. The average Bonchev–Trinajstić information content (AvgIpc) is 3.02. The molecule has 1 N–H and O–H groups in total. The van der Waals surface area contributed by atoms with Crippen molar-refractivity contribution in [3.05, 3.63) is 58.4 Å². The highest BCUT2D eigenvalue weighted by atomic mass is 16.4. The first-order valence-electron chi connectivity index (χ1n) is 8.23. The van der Waals surface area contributed by atoms with E-state index in [9.17, 15) is 14.4 Å². The lowest BCUT2D eigenvalue weighted by molar-refractivity contribution is -0.122. The van der Waals surface area contributed by atoms with Crippen LogP contribution in [0.2, 0.25) is 0 Å². The normalized spacial score (nSPS) is 10.7. The van der Waals surface area contributed by atoms with E-state index in [0.717, 1.165) is 0 Å². The Balaban J connectivity index is 2.06. The van der Waals surface area contributed by atoms with Gasteiger partial charge in [0.05, 0.1) is 13.1 Å². The zero-order valence-corrected chi connectivity index (χ0v) is 14.7. The third kappa shape index (κ3) is 5.07. The predicted octanol–water partition coefficient (Wildman–Crippen LogP) is 1.48. The number of hydrogen-bond donors (Lipinski definition) is 1. The van der Waals surface area contributed by atoms with Gasteiger partial charge in [0.2, 0.25) is 5.91 Å². The molecule has 0 unspecified atom stereocenters. The summed E-state index contributed by atoms with van der Waals surface area (Å²) in [6.45, 7) is 6.13. The summed E-state index contributed by atoms with van der Waals surface area (Å²) in [7, 11) is 0. The van der Waals surface area contributed by atoms with E-state index in [4.69, 9.17) is 4.42 Å². The van der Waals surface area contributed by atoms with E-state index in [1.807, 2.05) is 13.8 Å². The van der Waals surface area contributed by atoms with Crippen molar-refractivity contribution in [1.82, 2.24) is 14.8 Å². The molecule has 0 saturated heterocycles. The number of hydrogen-bond acceptors (Lipinski definition) is 4. The Morgan fingerprint density at radius 3 is 2.64 bits per heavy atom. The molecule has 0 atom stereocenters. The number of nitrogens with one attached hydrogen (secondary N) is 1. The number of furan rings is 1. The smallest absolute Gasteiger partial charge is 0.290 e. The first kappa shape index (κ1) is 18.5. The Bertz CT molecular complexity index is 791. The quantitative estimate of drug-likeness (QED) is 0.824. The van der Waals surface area contributed by atoms with E-state index in [1.54, 1.807) is 37.4 Å². The van der Waals surface area contributed by atoms with Gasteiger partial charge >= 0.3 is 0 Å². The van der Waals surface area contributed by atoms with Gasteiger partial charge in [-0.2, -0.15) is 0 Å². The van der Waals surface area contributed by atoms with Crippen LogP contribution in [0.3, 0.4) is 0 Å². The molecule has 134 valence electrons. The summed E-state index contributed by atoms with van der Waals surface area (Å²) in [6.07, 6.45) is 1.65. The Morgan fingerprint density at radius 1 is 1.24 bits per heavy atom. The lowest BCUT2D eigenvalue weighted by Crippen LogP contribution is -2.42. The maximum atomic E-state index is 12.5. The lowest BCUT2D eigenvalue weighted by Gasteiger charge is -2.20. The van der Waals surface area contributed by atoms with Gasteiger partial charge in [-0.05, 0) is 39.0 Å². The molecule has 7 heteroatoms. The second kappa shape index (κ2) is 8.32. The fourth-order valence-corrected chi connectivity index (χ4v) is 2.36. The molecule has 25 heavy (non-hydrogen) atoms. The van der Waals surface area contributed by atoms with Crippen molar-refractivity contribution in [1.29, 1.82) is 0 Å². The van der Waals surface area contributed by atoms with Crippen LogP contribution in [0.25, 0.3) is 0 Å². The zero-order chi connectivity index (χ0) is 18.4. The van der Waals surface area contributed by atoms with Gasteiger partial charge < -0.3 is 19.2 Å². The van der Waals surface area contributed by atoms with Crippen molar-refractivity contribution in [2.24, 2.45) is 0 Å². The number of carbonyl (C=O) groups is 2. The number of rotatable bonds is 7. The van der Waals surface area contributed by atoms with Crippen LogP contribution in [-0.2, 0) is 11.3 Å². The van der Waals surface area contributed by atoms with Crippen LogP contribution in [0, 0.1) is 0 Å². The van der Waals surface area contributed by atoms with Crippen molar-refractivity contribution in [3.8, 4) is 0 Å². The molecule has 2 aromatic heterocycles. The van der Waals surface area contributed by atoms with Crippen molar-refractivity contribution >= 4 is 11.8 Å². The molecular weight excluding hydrogens is 322 g/mol. The summed E-state index contributed by atoms with van der Waals surface area (Å²) >= 11 is 0. The molecule has 7 nitrogen and oxygen atoms in total. The molecule has 0 aliphatic rings. The summed E-state index contributed by atoms with van der Waals surface area (Å²) in [5, 5.41) is 2.76. The van der Waals surface area contributed by atoms with E-state index >= 15 is 0 Å². The Hall–Kier alpha value is -2.83. The SMILES string of the molecule is CCN(CC(=O)NC(C)C)C(=O)c1ccc(Cn2ccccc2=O)o1. The predicted molar refractivity (Wildman–Crippen MR) is 93.4 cm³/mol. The van der Waals surface area contributed by atoms with Crippen LogP contribution in [0.5, 0.6) is 0 Å². The molecule has 0 spiro atoms. The van der Waals surface area contributed by atoms with Crippen LogP contribution in [0.4, 0.5) is 0 Å².